The molecule has 20 heavy (non-hydrogen) atoms. The monoisotopic (exact) mass is 277 g/mol. The molecule has 0 aliphatic carbocycles. The molecular weight excluding hydrogens is 254 g/mol. The van der Waals surface area contributed by atoms with E-state index in [4.69, 9.17) is 5.73 Å². The SMILES string of the molecule is CCC(C)NC(=O)CCNC(=O)c1ccc(CN)cc1. The predicted molar refractivity (Wildman–Crippen MR) is 79.2 cm³/mol. The van der Waals surface area contributed by atoms with Gasteiger partial charge in [-0.3, -0.25) is 9.59 Å². The Balaban J connectivity index is 2.34. The summed E-state index contributed by atoms with van der Waals surface area (Å²) in [5.74, 6) is -0.219. The van der Waals surface area contributed by atoms with Crippen molar-refractivity contribution in [2.75, 3.05) is 6.54 Å². The van der Waals surface area contributed by atoms with Gasteiger partial charge in [-0.05, 0) is 31.0 Å². The predicted octanol–water partition coefficient (Wildman–Crippen LogP) is 1.18. The Kier molecular flexibility index (Phi) is 6.73. The number of nitrogens with two attached hydrogens (primary N) is 1. The summed E-state index contributed by atoms with van der Waals surface area (Å²) in [6.45, 7) is 4.75. The highest BCUT2D eigenvalue weighted by molar-refractivity contribution is 5.94. The van der Waals surface area contributed by atoms with Crippen molar-refractivity contribution in [3.05, 3.63) is 35.4 Å². The van der Waals surface area contributed by atoms with Crippen molar-refractivity contribution < 1.29 is 9.59 Å². The highest BCUT2D eigenvalue weighted by Crippen LogP contribution is 2.03. The highest BCUT2D eigenvalue weighted by Gasteiger charge is 2.08. The molecule has 5 heteroatoms. The van der Waals surface area contributed by atoms with E-state index in [0.29, 0.717) is 18.7 Å². The molecule has 110 valence electrons. The first-order valence-electron chi connectivity index (χ1n) is 6.93. The molecule has 0 saturated heterocycles. The fraction of sp³-hybridized carbons (Fsp3) is 0.467. The number of nitrogens with one attached hydrogen (secondary N) is 2. The second-order valence-electron chi connectivity index (χ2n) is 4.78. The normalized spacial score (nSPS) is 11.8. The van der Waals surface area contributed by atoms with Gasteiger partial charge in [0, 0.05) is 31.1 Å². The third-order valence-electron chi connectivity index (χ3n) is 3.11. The Morgan fingerprint density at radius 1 is 1.25 bits per heavy atom. The lowest BCUT2D eigenvalue weighted by atomic mass is 10.1. The van der Waals surface area contributed by atoms with Gasteiger partial charge in [0.05, 0.1) is 0 Å². The van der Waals surface area contributed by atoms with Crippen LogP contribution in [0.4, 0.5) is 0 Å². The van der Waals surface area contributed by atoms with Gasteiger partial charge >= 0.3 is 0 Å². The smallest absolute Gasteiger partial charge is 0.251 e. The molecule has 1 unspecified atom stereocenters. The van der Waals surface area contributed by atoms with Crippen molar-refractivity contribution in [2.45, 2.75) is 39.3 Å². The van der Waals surface area contributed by atoms with Crippen LogP contribution in [0.5, 0.6) is 0 Å². The molecule has 5 nitrogen and oxygen atoms in total. The molecule has 0 spiro atoms. The second kappa shape index (κ2) is 8.32. The molecule has 1 rings (SSSR count). The number of carbonyl (C=O) groups is 2. The number of carbonyl (C=O) groups excluding carboxylic acids is 2. The Bertz CT molecular complexity index is 443. The lowest BCUT2D eigenvalue weighted by molar-refractivity contribution is -0.121. The molecule has 4 N–H and O–H groups in total. The lowest BCUT2D eigenvalue weighted by Gasteiger charge is -2.11. The van der Waals surface area contributed by atoms with Crippen LogP contribution in [0.1, 0.15) is 42.6 Å². The van der Waals surface area contributed by atoms with Crippen LogP contribution in [0.15, 0.2) is 24.3 Å². The van der Waals surface area contributed by atoms with Gasteiger partial charge in [0.1, 0.15) is 0 Å². The first-order valence-corrected chi connectivity index (χ1v) is 6.93. The molecule has 0 saturated carbocycles. The summed E-state index contributed by atoms with van der Waals surface area (Å²) in [5.41, 5.74) is 7.05. The van der Waals surface area contributed by atoms with Crippen LogP contribution >= 0.6 is 0 Å². The fourth-order valence-corrected chi connectivity index (χ4v) is 1.63. The topological polar surface area (TPSA) is 84.2 Å². The van der Waals surface area contributed by atoms with Gasteiger partial charge in [0.2, 0.25) is 5.91 Å². The zero-order valence-corrected chi connectivity index (χ0v) is 12.1. The summed E-state index contributed by atoms with van der Waals surface area (Å²) in [6, 6.07) is 7.28. The maximum absolute atomic E-state index is 11.8. The molecule has 2 amide bonds. The van der Waals surface area contributed by atoms with E-state index in [1.807, 2.05) is 26.0 Å². The van der Waals surface area contributed by atoms with Crippen molar-refractivity contribution >= 4 is 11.8 Å². The molecule has 1 aromatic rings. The van der Waals surface area contributed by atoms with E-state index in [0.717, 1.165) is 12.0 Å². The molecule has 0 bridgehead atoms. The van der Waals surface area contributed by atoms with E-state index in [9.17, 15) is 9.59 Å². The van der Waals surface area contributed by atoms with Crippen molar-refractivity contribution in [3.63, 3.8) is 0 Å². The first-order chi connectivity index (χ1) is 9.56. The fourth-order valence-electron chi connectivity index (χ4n) is 1.63. The van der Waals surface area contributed by atoms with Gasteiger partial charge < -0.3 is 16.4 Å². The van der Waals surface area contributed by atoms with Gasteiger partial charge in [0.25, 0.3) is 5.91 Å². The highest BCUT2D eigenvalue weighted by atomic mass is 16.2. The Labute approximate surface area is 119 Å². The molecule has 1 atom stereocenters. The van der Waals surface area contributed by atoms with Crippen molar-refractivity contribution in [3.8, 4) is 0 Å². The van der Waals surface area contributed by atoms with Crippen LogP contribution in [0, 0.1) is 0 Å². The van der Waals surface area contributed by atoms with E-state index < -0.39 is 0 Å². The van der Waals surface area contributed by atoms with E-state index >= 15 is 0 Å². The molecular formula is C15H23N3O2. The number of benzene rings is 1. The standard InChI is InChI=1S/C15H23N3O2/c1-3-11(2)18-14(19)8-9-17-15(20)13-6-4-12(10-16)5-7-13/h4-7,11H,3,8-10,16H2,1-2H3,(H,17,20)(H,18,19). The van der Waals surface area contributed by atoms with Gasteiger partial charge in [-0.25, -0.2) is 0 Å². The molecule has 0 aromatic heterocycles. The minimum absolute atomic E-state index is 0.0434. The summed E-state index contributed by atoms with van der Waals surface area (Å²) < 4.78 is 0. The first kappa shape index (κ1) is 16.2. The van der Waals surface area contributed by atoms with E-state index in [-0.39, 0.29) is 24.3 Å². The Hall–Kier alpha value is -1.88. The van der Waals surface area contributed by atoms with Gasteiger partial charge in [-0.1, -0.05) is 19.1 Å². The Morgan fingerprint density at radius 3 is 2.45 bits per heavy atom. The van der Waals surface area contributed by atoms with Crippen molar-refractivity contribution in [1.82, 2.24) is 10.6 Å². The molecule has 0 fully saturated rings. The molecule has 0 aliphatic heterocycles. The second-order valence-corrected chi connectivity index (χ2v) is 4.78. The van der Waals surface area contributed by atoms with Crippen LogP contribution in [-0.2, 0) is 11.3 Å². The van der Waals surface area contributed by atoms with E-state index in [2.05, 4.69) is 10.6 Å². The summed E-state index contributed by atoms with van der Waals surface area (Å²) in [5, 5.41) is 5.58. The van der Waals surface area contributed by atoms with Crippen LogP contribution in [0.25, 0.3) is 0 Å². The zero-order valence-electron chi connectivity index (χ0n) is 12.1. The molecule has 0 heterocycles. The van der Waals surface area contributed by atoms with Gasteiger partial charge in [0.15, 0.2) is 0 Å². The summed E-state index contributed by atoms with van der Waals surface area (Å²) >= 11 is 0. The lowest BCUT2D eigenvalue weighted by Crippen LogP contribution is -2.35. The van der Waals surface area contributed by atoms with Crippen molar-refractivity contribution in [1.29, 1.82) is 0 Å². The number of amides is 2. The largest absolute Gasteiger partial charge is 0.354 e. The third kappa shape index (κ3) is 5.40. The summed E-state index contributed by atoms with van der Waals surface area (Å²) in [6.07, 6.45) is 1.18. The minimum Gasteiger partial charge on any atom is -0.354 e. The minimum atomic E-state index is -0.176. The average Bonchev–Trinajstić information content (AvgIpc) is 2.47. The summed E-state index contributed by atoms with van der Waals surface area (Å²) in [7, 11) is 0. The van der Waals surface area contributed by atoms with Gasteiger partial charge in [-0.15, -0.1) is 0 Å². The molecule has 1 aromatic carbocycles. The maximum atomic E-state index is 11.8. The van der Waals surface area contributed by atoms with Crippen LogP contribution < -0.4 is 16.4 Å². The average molecular weight is 277 g/mol. The number of rotatable bonds is 7. The van der Waals surface area contributed by atoms with Crippen LogP contribution in [-0.4, -0.2) is 24.4 Å². The zero-order chi connectivity index (χ0) is 15.0. The van der Waals surface area contributed by atoms with E-state index in [1.165, 1.54) is 0 Å². The maximum Gasteiger partial charge on any atom is 0.251 e. The molecule has 0 aliphatic rings. The van der Waals surface area contributed by atoms with Crippen LogP contribution in [0.3, 0.4) is 0 Å². The van der Waals surface area contributed by atoms with Crippen LogP contribution in [0.2, 0.25) is 0 Å². The van der Waals surface area contributed by atoms with Gasteiger partial charge in [-0.2, -0.15) is 0 Å². The molecule has 0 radical (unpaired) electrons. The number of hydrogen-bond donors (Lipinski definition) is 3. The number of hydrogen-bond acceptors (Lipinski definition) is 3. The quantitative estimate of drug-likeness (QED) is 0.699. The Morgan fingerprint density at radius 2 is 1.90 bits per heavy atom. The summed E-state index contributed by atoms with van der Waals surface area (Å²) in [4.78, 5) is 23.4. The van der Waals surface area contributed by atoms with E-state index in [1.54, 1.807) is 12.1 Å². The third-order valence-corrected chi connectivity index (χ3v) is 3.11. The van der Waals surface area contributed by atoms with Crippen molar-refractivity contribution in [2.24, 2.45) is 5.73 Å².